The SMILES string of the molecule is CC(=N[C@@H]1CCCC[C@H]1N)c1c(O)c(C(C)=N[C@@H]2CCCC[C@H]2N)c(O)c(C(C)=N[C@@H]2CCCC[C@H]2N)c1O. The van der Waals surface area contributed by atoms with Gasteiger partial charge < -0.3 is 32.5 Å². The molecule has 1 aromatic carbocycles. The quantitative estimate of drug-likeness (QED) is 0.297. The molecule has 39 heavy (non-hydrogen) atoms. The lowest BCUT2D eigenvalue weighted by Crippen LogP contribution is -2.37. The zero-order chi connectivity index (χ0) is 28.3. The van der Waals surface area contributed by atoms with Crippen LogP contribution in [0.3, 0.4) is 0 Å². The molecule has 0 spiro atoms. The van der Waals surface area contributed by atoms with Gasteiger partial charge in [0.2, 0.25) is 0 Å². The summed E-state index contributed by atoms with van der Waals surface area (Å²) in [5.41, 5.74) is 21.0. The van der Waals surface area contributed by atoms with Crippen molar-refractivity contribution < 1.29 is 15.3 Å². The molecule has 0 heterocycles. The van der Waals surface area contributed by atoms with Crippen LogP contribution in [0.4, 0.5) is 0 Å². The van der Waals surface area contributed by atoms with Gasteiger partial charge in [0.25, 0.3) is 0 Å². The number of aliphatic imine (C=N–C) groups is 3. The van der Waals surface area contributed by atoms with E-state index in [-0.39, 0.29) is 70.2 Å². The van der Waals surface area contributed by atoms with Crippen LogP contribution in [-0.2, 0) is 0 Å². The number of rotatable bonds is 6. The van der Waals surface area contributed by atoms with Crippen molar-refractivity contribution >= 4 is 17.1 Å². The van der Waals surface area contributed by atoms with Crippen LogP contribution in [0.15, 0.2) is 15.0 Å². The molecule has 1 aromatic rings. The molecule has 0 aliphatic heterocycles. The third kappa shape index (κ3) is 6.47. The molecule has 0 amide bonds. The van der Waals surface area contributed by atoms with Gasteiger partial charge in [0.1, 0.15) is 17.2 Å². The Kier molecular flexibility index (Phi) is 9.67. The van der Waals surface area contributed by atoms with Crippen molar-refractivity contribution in [3.8, 4) is 17.2 Å². The minimum Gasteiger partial charge on any atom is -0.506 e. The van der Waals surface area contributed by atoms with Gasteiger partial charge in [-0.2, -0.15) is 0 Å². The highest BCUT2D eigenvalue weighted by Gasteiger charge is 2.31. The number of aromatic hydroxyl groups is 3. The Labute approximate surface area is 232 Å². The van der Waals surface area contributed by atoms with Gasteiger partial charge in [-0.1, -0.05) is 38.5 Å². The lowest BCUT2D eigenvalue weighted by molar-refractivity contribution is 0.385. The van der Waals surface area contributed by atoms with E-state index in [4.69, 9.17) is 32.2 Å². The van der Waals surface area contributed by atoms with E-state index in [1.54, 1.807) is 20.8 Å². The maximum Gasteiger partial charge on any atom is 0.141 e. The number of hydrogen-bond donors (Lipinski definition) is 6. The summed E-state index contributed by atoms with van der Waals surface area (Å²) in [5, 5.41) is 34.6. The van der Waals surface area contributed by atoms with Crippen LogP contribution in [0.1, 0.15) is 115 Å². The second-order valence-corrected chi connectivity index (χ2v) is 11.9. The van der Waals surface area contributed by atoms with E-state index < -0.39 is 0 Å². The number of phenolic OH excluding ortho intramolecular Hbond substituents is 3. The first-order chi connectivity index (χ1) is 18.6. The Bertz CT molecular complexity index is 971. The average Bonchev–Trinajstić information content (AvgIpc) is 2.88. The van der Waals surface area contributed by atoms with Gasteiger partial charge in [-0.25, -0.2) is 0 Å². The highest BCUT2D eigenvalue weighted by Crippen LogP contribution is 2.44. The van der Waals surface area contributed by atoms with Gasteiger partial charge in [0.15, 0.2) is 0 Å². The fourth-order valence-corrected chi connectivity index (χ4v) is 6.58. The average molecular weight is 541 g/mol. The van der Waals surface area contributed by atoms with Crippen LogP contribution in [0, 0.1) is 0 Å². The van der Waals surface area contributed by atoms with E-state index in [2.05, 4.69) is 0 Å². The first-order valence-electron chi connectivity index (χ1n) is 14.8. The third-order valence-electron chi connectivity index (χ3n) is 8.93. The lowest BCUT2D eigenvalue weighted by atomic mass is 9.89. The van der Waals surface area contributed by atoms with Gasteiger partial charge in [-0.05, 0) is 59.3 Å². The molecular formula is C30H48N6O3. The largest absolute Gasteiger partial charge is 0.506 e. The monoisotopic (exact) mass is 540 g/mol. The number of nitrogens with zero attached hydrogens (tertiary/aromatic N) is 3. The van der Waals surface area contributed by atoms with Gasteiger partial charge in [-0.15, -0.1) is 0 Å². The van der Waals surface area contributed by atoms with E-state index in [0.717, 1.165) is 77.0 Å². The van der Waals surface area contributed by atoms with Crippen LogP contribution < -0.4 is 17.2 Å². The normalized spacial score (nSPS) is 31.4. The van der Waals surface area contributed by atoms with E-state index in [1.807, 2.05) is 0 Å². The Hall–Kier alpha value is -2.49. The zero-order valence-electron chi connectivity index (χ0n) is 23.9. The number of phenols is 3. The molecule has 3 fully saturated rings. The molecule has 6 atom stereocenters. The van der Waals surface area contributed by atoms with Crippen LogP contribution in [-0.4, -0.2) is 68.7 Å². The number of hydrogen-bond acceptors (Lipinski definition) is 9. The summed E-state index contributed by atoms with van der Waals surface area (Å²) in [5.74, 6) is -0.730. The summed E-state index contributed by atoms with van der Waals surface area (Å²) >= 11 is 0. The molecule has 0 aromatic heterocycles. The van der Waals surface area contributed by atoms with Crippen molar-refractivity contribution in [2.75, 3.05) is 0 Å². The van der Waals surface area contributed by atoms with Crippen molar-refractivity contribution in [3.05, 3.63) is 16.7 Å². The molecule has 0 radical (unpaired) electrons. The Morgan fingerprint density at radius 1 is 0.487 bits per heavy atom. The molecule has 0 saturated heterocycles. The fourth-order valence-electron chi connectivity index (χ4n) is 6.58. The number of benzene rings is 1. The topological polar surface area (TPSA) is 176 Å². The third-order valence-corrected chi connectivity index (χ3v) is 8.93. The van der Waals surface area contributed by atoms with Crippen LogP contribution in [0.5, 0.6) is 17.2 Å². The van der Waals surface area contributed by atoms with Gasteiger partial charge >= 0.3 is 0 Å². The molecule has 216 valence electrons. The van der Waals surface area contributed by atoms with Gasteiger partial charge in [-0.3, -0.25) is 15.0 Å². The van der Waals surface area contributed by atoms with Crippen molar-refractivity contribution in [1.29, 1.82) is 0 Å². The first kappa shape index (κ1) is 29.5. The van der Waals surface area contributed by atoms with E-state index in [1.165, 1.54) is 0 Å². The molecule has 9 N–H and O–H groups in total. The summed E-state index contributed by atoms with van der Waals surface area (Å²) in [6.45, 7) is 5.31. The first-order valence-corrected chi connectivity index (χ1v) is 14.8. The van der Waals surface area contributed by atoms with Crippen molar-refractivity contribution in [1.82, 2.24) is 0 Å². The van der Waals surface area contributed by atoms with Crippen molar-refractivity contribution in [2.45, 2.75) is 134 Å². The molecule has 3 aliphatic rings. The molecular weight excluding hydrogens is 492 g/mol. The van der Waals surface area contributed by atoms with Crippen molar-refractivity contribution in [3.63, 3.8) is 0 Å². The molecule has 3 saturated carbocycles. The summed E-state index contributed by atoms with van der Waals surface area (Å²) < 4.78 is 0. The Balaban J connectivity index is 1.86. The Morgan fingerprint density at radius 3 is 0.949 bits per heavy atom. The molecule has 3 aliphatic carbocycles. The van der Waals surface area contributed by atoms with Gasteiger partial charge in [0, 0.05) is 35.3 Å². The zero-order valence-corrected chi connectivity index (χ0v) is 23.9. The van der Waals surface area contributed by atoms with Crippen LogP contribution in [0.25, 0.3) is 0 Å². The standard InChI is InChI=1S/C30H48N6O3/c1-16(34-22-13-7-4-10-19(22)31)25-28(37)26(17(2)35-23-14-8-5-11-20(23)32)30(39)27(29(25)38)18(3)36-24-15-9-6-12-21(24)33/h19-24,37-39H,4-15,31-33H2,1-3H3/t19-,20-,21-,22-,23-,24-/m1/s1. The summed E-state index contributed by atoms with van der Waals surface area (Å²) in [6, 6.07) is -0.488. The van der Waals surface area contributed by atoms with E-state index >= 15 is 0 Å². The van der Waals surface area contributed by atoms with Gasteiger partial charge in [0.05, 0.1) is 34.8 Å². The van der Waals surface area contributed by atoms with Crippen LogP contribution >= 0.6 is 0 Å². The van der Waals surface area contributed by atoms with Crippen LogP contribution in [0.2, 0.25) is 0 Å². The van der Waals surface area contributed by atoms with Crippen molar-refractivity contribution in [2.24, 2.45) is 32.2 Å². The summed E-state index contributed by atoms with van der Waals surface area (Å²) in [4.78, 5) is 14.6. The Morgan fingerprint density at radius 2 is 0.718 bits per heavy atom. The molecule has 9 nitrogen and oxygen atoms in total. The predicted molar refractivity (Wildman–Crippen MR) is 159 cm³/mol. The second-order valence-electron chi connectivity index (χ2n) is 11.9. The minimum absolute atomic E-state index is 0.0683. The molecule has 9 heteroatoms. The maximum absolute atomic E-state index is 11.5. The maximum atomic E-state index is 11.5. The lowest BCUT2D eigenvalue weighted by Gasteiger charge is -2.28. The molecule has 0 bridgehead atoms. The summed E-state index contributed by atoms with van der Waals surface area (Å²) in [7, 11) is 0. The molecule has 0 unspecified atom stereocenters. The molecule has 4 rings (SSSR count). The van der Waals surface area contributed by atoms with E-state index in [9.17, 15) is 15.3 Å². The highest BCUT2D eigenvalue weighted by molar-refractivity contribution is 6.16. The minimum atomic E-state index is -0.243. The second kappa shape index (κ2) is 12.8. The summed E-state index contributed by atoms with van der Waals surface area (Å²) in [6.07, 6.45) is 11.6. The smallest absolute Gasteiger partial charge is 0.141 e. The fraction of sp³-hybridized carbons (Fsp3) is 0.700. The predicted octanol–water partition coefficient (Wildman–Crippen LogP) is 4.04. The van der Waals surface area contributed by atoms with E-state index in [0.29, 0.717) is 17.1 Å². The number of nitrogens with two attached hydrogens (primary N) is 3. The highest BCUT2D eigenvalue weighted by atomic mass is 16.3.